The summed E-state index contributed by atoms with van der Waals surface area (Å²) in [5.41, 5.74) is 4.13. The molecule has 114 valence electrons. The lowest BCUT2D eigenvalue weighted by atomic mass is 10.0. The van der Waals surface area contributed by atoms with Gasteiger partial charge in [-0.15, -0.1) is 0 Å². The number of ether oxygens (including phenoxy) is 1. The van der Waals surface area contributed by atoms with Crippen molar-refractivity contribution in [3.63, 3.8) is 0 Å². The molecule has 3 aromatic rings. The van der Waals surface area contributed by atoms with Crippen LogP contribution < -0.4 is 0 Å². The van der Waals surface area contributed by atoms with E-state index in [4.69, 9.17) is 9.15 Å². The van der Waals surface area contributed by atoms with Gasteiger partial charge in [0.25, 0.3) is 0 Å². The minimum absolute atomic E-state index is 0.420. The van der Waals surface area contributed by atoms with Gasteiger partial charge < -0.3 is 9.15 Å². The van der Waals surface area contributed by atoms with E-state index >= 15 is 0 Å². The second-order valence-corrected chi connectivity index (χ2v) is 5.74. The minimum atomic E-state index is -0.648. The number of aliphatic imine (C=N–C) groups is 1. The first-order valence-electron chi connectivity index (χ1n) is 7.46. The van der Waals surface area contributed by atoms with E-state index in [1.807, 2.05) is 50.2 Å². The molecule has 0 fully saturated rings. The van der Waals surface area contributed by atoms with E-state index in [9.17, 15) is 4.79 Å². The predicted molar refractivity (Wildman–Crippen MR) is 88.2 cm³/mol. The number of carbonyl (C=O) groups excluding carboxylic acids is 1. The standard InChI is InChI=1S/C19H15NO3/c1-11-7-13-9-12(2)22-18(13)15(8-11)19-20-16-6-4-3-5-14(16)17(10-21)23-19/h3-10,17H,1-2H3. The summed E-state index contributed by atoms with van der Waals surface area (Å²) in [6.45, 7) is 3.92. The van der Waals surface area contributed by atoms with Gasteiger partial charge in [-0.2, -0.15) is 0 Å². The molecule has 0 aliphatic carbocycles. The molecule has 1 aliphatic rings. The Morgan fingerprint density at radius 2 is 1.96 bits per heavy atom. The van der Waals surface area contributed by atoms with Crippen LogP contribution in [0.15, 0.2) is 51.9 Å². The Labute approximate surface area is 133 Å². The number of fused-ring (bicyclic) bond motifs is 2. The highest BCUT2D eigenvalue weighted by Crippen LogP contribution is 2.35. The molecule has 0 saturated carbocycles. The molecule has 4 rings (SSSR count). The molecule has 1 atom stereocenters. The van der Waals surface area contributed by atoms with Crippen LogP contribution in [0.2, 0.25) is 0 Å². The summed E-state index contributed by atoms with van der Waals surface area (Å²) in [7, 11) is 0. The van der Waals surface area contributed by atoms with E-state index in [2.05, 4.69) is 11.1 Å². The Bertz CT molecular complexity index is 952. The van der Waals surface area contributed by atoms with E-state index in [0.717, 1.165) is 45.4 Å². The van der Waals surface area contributed by atoms with Crippen LogP contribution in [0.5, 0.6) is 0 Å². The number of benzene rings is 2. The fraction of sp³-hybridized carbons (Fsp3) is 0.158. The van der Waals surface area contributed by atoms with Crippen molar-refractivity contribution < 1.29 is 13.9 Å². The molecule has 2 aromatic carbocycles. The Morgan fingerprint density at radius 3 is 2.78 bits per heavy atom. The van der Waals surface area contributed by atoms with Gasteiger partial charge in [-0.05, 0) is 43.7 Å². The summed E-state index contributed by atoms with van der Waals surface area (Å²) < 4.78 is 11.7. The zero-order chi connectivity index (χ0) is 16.0. The van der Waals surface area contributed by atoms with Crippen LogP contribution in [0.1, 0.15) is 28.6 Å². The van der Waals surface area contributed by atoms with Gasteiger partial charge in [0.05, 0.1) is 11.3 Å². The molecule has 0 amide bonds. The van der Waals surface area contributed by atoms with Crippen molar-refractivity contribution in [2.75, 3.05) is 0 Å². The number of aryl methyl sites for hydroxylation is 2. The topological polar surface area (TPSA) is 51.8 Å². The normalized spacial score (nSPS) is 16.6. The summed E-state index contributed by atoms with van der Waals surface area (Å²) in [4.78, 5) is 16.0. The van der Waals surface area contributed by atoms with Gasteiger partial charge in [-0.3, -0.25) is 4.79 Å². The maximum absolute atomic E-state index is 11.4. The van der Waals surface area contributed by atoms with Gasteiger partial charge in [-0.1, -0.05) is 18.2 Å². The molecule has 1 aliphatic heterocycles. The Hall–Kier alpha value is -2.88. The molecule has 4 nitrogen and oxygen atoms in total. The van der Waals surface area contributed by atoms with E-state index in [0.29, 0.717) is 5.90 Å². The zero-order valence-corrected chi connectivity index (χ0v) is 12.9. The average molecular weight is 305 g/mol. The lowest BCUT2D eigenvalue weighted by molar-refractivity contribution is -0.114. The minimum Gasteiger partial charge on any atom is -0.461 e. The maximum Gasteiger partial charge on any atom is 0.226 e. The number of hydrogen-bond donors (Lipinski definition) is 0. The highest BCUT2D eigenvalue weighted by molar-refractivity contribution is 6.07. The van der Waals surface area contributed by atoms with Gasteiger partial charge >= 0.3 is 0 Å². The van der Waals surface area contributed by atoms with Crippen molar-refractivity contribution in [1.82, 2.24) is 0 Å². The molecule has 2 heterocycles. The van der Waals surface area contributed by atoms with Gasteiger partial charge in [-0.25, -0.2) is 4.99 Å². The van der Waals surface area contributed by atoms with Crippen LogP contribution in [0.4, 0.5) is 5.69 Å². The quantitative estimate of drug-likeness (QED) is 0.659. The van der Waals surface area contributed by atoms with Gasteiger partial charge in [0.2, 0.25) is 5.90 Å². The van der Waals surface area contributed by atoms with E-state index in [1.165, 1.54) is 0 Å². The van der Waals surface area contributed by atoms with Crippen LogP contribution in [-0.4, -0.2) is 12.2 Å². The monoisotopic (exact) mass is 305 g/mol. The maximum atomic E-state index is 11.4. The van der Waals surface area contributed by atoms with Crippen molar-refractivity contribution in [2.24, 2.45) is 4.99 Å². The summed E-state index contributed by atoms with van der Waals surface area (Å²) >= 11 is 0. The third-order valence-corrected chi connectivity index (χ3v) is 3.94. The molecule has 0 radical (unpaired) electrons. The number of para-hydroxylation sites is 1. The second kappa shape index (κ2) is 5.09. The highest BCUT2D eigenvalue weighted by Gasteiger charge is 2.26. The number of carbonyl (C=O) groups is 1. The van der Waals surface area contributed by atoms with E-state index in [1.54, 1.807) is 0 Å². The van der Waals surface area contributed by atoms with Crippen LogP contribution in [-0.2, 0) is 9.53 Å². The van der Waals surface area contributed by atoms with Crippen LogP contribution >= 0.6 is 0 Å². The van der Waals surface area contributed by atoms with Crippen LogP contribution in [0.3, 0.4) is 0 Å². The van der Waals surface area contributed by atoms with Gasteiger partial charge in [0.15, 0.2) is 12.4 Å². The molecule has 1 unspecified atom stereocenters. The van der Waals surface area contributed by atoms with Crippen LogP contribution in [0, 0.1) is 13.8 Å². The molecule has 4 heteroatoms. The van der Waals surface area contributed by atoms with Crippen molar-refractivity contribution in [3.8, 4) is 0 Å². The van der Waals surface area contributed by atoms with Crippen molar-refractivity contribution in [1.29, 1.82) is 0 Å². The Balaban J connectivity index is 1.95. The summed E-state index contributed by atoms with van der Waals surface area (Å²) in [6.07, 6.45) is 0.152. The van der Waals surface area contributed by atoms with E-state index < -0.39 is 6.10 Å². The SMILES string of the molecule is Cc1cc(C2=Nc3ccccc3C(C=O)O2)c2oc(C)cc2c1. The smallest absolute Gasteiger partial charge is 0.226 e. The first-order chi connectivity index (χ1) is 11.2. The first-order valence-corrected chi connectivity index (χ1v) is 7.46. The number of aldehydes is 1. The lowest BCUT2D eigenvalue weighted by Gasteiger charge is -2.22. The zero-order valence-electron chi connectivity index (χ0n) is 12.9. The molecular weight excluding hydrogens is 290 g/mol. The number of rotatable bonds is 2. The first kappa shape index (κ1) is 13.8. The number of nitrogens with zero attached hydrogens (tertiary/aromatic N) is 1. The Morgan fingerprint density at radius 1 is 1.13 bits per heavy atom. The number of furan rings is 1. The molecule has 23 heavy (non-hydrogen) atoms. The summed E-state index contributed by atoms with van der Waals surface area (Å²) in [6, 6.07) is 13.5. The highest BCUT2D eigenvalue weighted by atomic mass is 16.5. The largest absolute Gasteiger partial charge is 0.461 e. The third kappa shape index (κ3) is 2.23. The van der Waals surface area contributed by atoms with Crippen molar-refractivity contribution in [2.45, 2.75) is 20.0 Å². The molecule has 0 spiro atoms. The fourth-order valence-corrected chi connectivity index (χ4v) is 2.96. The van der Waals surface area contributed by atoms with Crippen molar-refractivity contribution >= 4 is 28.8 Å². The second-order valence-electron chi connectivity index (χ2n) is 5.74. The molecule has 0 N–H and O–H groups in total. The fourth-order valence-electron chi connectivity index (χ4n) is 2.96. The Kier molecular flexibility index (Phi) is 3.05. The molecule has 0 bridgehead atoms. The predicted octanol–water partition coefficient (Wildman–Crippen LogP) is 4.40. The third-order valence-electron chi connectivity index (χ3n) is 3.94. The lowest BCUT2D eigenvalue weighted by Crippen LogP contribution is -2.18. The van der Waals surface area contributed by atoms with E-state index in [-0.39, 0.29) is 0 Å². The average Bonchev–Trinajstić information content (AvgIpc) is 2.92. The molecular formula is C19H15NO3. The van der Waals surface area contributed by atoms with Crippen molar-refractivity contribution in [3.05, 3.63) is 64.9 Å². The van der Waals surface area contributed by atoms with Gasteiger partial charge in [0.1, 0.15) is 11.3 Å². The summed E-state index contributed by atoms with van der Waals surface area (Å²) in [5.74, 6) is 1.25. The van der Waals surface area contributed by atoms with Gasteiger partial charge in [0, 0.05) is 10.9 Å². The molecule has 1 aromatic heterocycles. The molecule has 0 saturated heterocycles. The number of hydrogen-bond acceptors (Lipinski definition) is 4. The van der Waals surface area contributed by atoms with Crippen LogP contribution in [0.25, 0.3) is 11.0 Å². The summed E-state index contributed by atoms with van der Waals surface area (Å²) in [5, 5.41) is 1.00.